The van der Waals surface area contributed by atoms with E-state index in [1.54, 1.807) is 37.1 Å². The van der Waals surface area contributed by atoms with Gasteiger partial charge >= 0.3 is 0 Å². The molecule has 0 fully saturated rings. The summed E-state index contributed by atoms with van der Waals surface area (Å²) in [5, 5.41) is 18.4. The van der Waals surface area contributed by atoms with Crippen LogP contribution in [0.4, 0.5) is 14.5 Å². The minimum Gasteiger partial charge on any atom is -0.397 e. The summed E-state index contributed by atoms with van der Waals surface area (Å²) in [4.78, 5) is 41.9. The number of rotatable bonds is 10. The fourth-order valence-corrected chi connectivity index (χ4v) is 8.15. The number of halogens is 2. The molecule has 0 saturated heterocycles. The highest BCUT2D eigenvalue weighted by Crippen LogP contribution is 2.36. The topological polar surface area (TPSA) is 230 Å². The number of pyridine rings is 6. The van der Waals surface area contributed by atoms with E-state index in [0.29, 0.717) is 62.8 Å². The highest BCUT2D eigenvalue weighted by atomic mass is 19.1. The third-order valence-electron chi connectivity index (χ3n) is 11.3. The zero-order valence-corrected chi connectivity index (χ0v) is 36.1. The lowest BCUT2D eigenvalue weighted by atomic mass is 10.1. The average molecular weight is 901 g/mol. The number of para-hydroxylation sites is 2. The number of nitrogens with one attached hydrogen (secondary N) is 5. The van der Waals surface area contributed by atoms with Crippen molar-refractivity contribution in [2.75, 3.05) is 12.3 Å². The van der Waals surface area contributed by atoms with E-state index in [-0.39, 0.29) is 16.8 Å². The standard InChI is InChI=1S/C27H23FN8.C23H15FN8/c1-2-9-29-12-16-11-17(14-30-13-16)24-23(28)22-21(15-32-24)35-36-26(22)27-33-20-8-5-6-18(25(20)34-27)19-7-3-4-10-31-19;24-19-18-17(11-28-20(19)12-8-13(25)10-26-9-12)31-32-22(18)23-29-16-6-3-4-14(21(16)30-23)15-5-1-2-7-27-15/h3-8,10-11,13-15,29H,2,9,12H2,1H3,(H,33,34)(H,35,36);1-11H,25H2,(H,29,30)(H,31,32). The molecule has 0 aliphatic heterocycles. The zero-order valence-electron chi connectivity index (χ0n) is 36.1. The molecule has 12 aromatic rings. The van der Waals surface area contributed by atoms with Gasteiger partial charge in [0, 0.05) is 66.0 Å². The molecule has 0 bridgehead atoms. The van der Waals surface area contributed by atoms with Crippen molar-refractivity contribution < 1.29 is 8.78 Å². The van der Waals surface area contributed by atoms with Crippen LogP contribution in [0.3, 0.4) is 0 Å². The maximum atomic E-state index is 16.0. The molecule has 0 amide bonds. The summed E-state index contributed by atoms with van der Waals surface area (Å²) < 4.78 is 31.6. The molecule has 0 saturated carbocycles. The summed E-state index contributed by atoms with van der Waals surface area (Å²) in [6.45, 7) is 3.67. The van der Waals surface area contributed by atoms with Gasteiger partial charge in [0.05, 0.1) is 73.3 Å². The lowest BCUT2D eigenvalue weighted by Gasteiger charge is -2.07. The van der Waals surface area contributed by atoms with Gasteiger partial charge in [-0.25, -0.2) is 18.7 Å². The van der Waals surface area contributed by atoms with Crippen molar-refractivity contribution in [3.8, 4) is 68.1 Å². The van der Waals surface area contributed by atoms with Gasteiger partial charge in [-0.1, -0.05) is 43.3 Å². The normalized spacial score (nSPS) is 11.5. The lowest BCUT2D eigenvalue weighted by Crippen LogP contribution is -2.13. The minimum absolute atomic E-state index is 0.144. The van der Waals surface area contributed by atoms with E-state index in [1.165, 1.54) is 18.6 Å². The van der Waals surface area contributed by atoms with E-state index in [9.17, 15) is 0 Å². The van der Waals surface area contributed by atoms with Crippen LogP contribution >= 0.6 is 0 Å². The molecule has 7 N–H and O–H groups in total. The van der Waals surface area contributed by atoms with Gasteiger partial charge in [0.1, 0.15) is 22.8 Å². The summed E-state index contributed by atoms with van der Waals surface area (Å²) in [6.07, 6.45) is 14.1. The maximum absolute atomic E-state index is 16.0. The molecule has 0 atom stereocenters. The Hall–Kier alpha value is -9.16. The number of aromatic amines is 4. The second kappa shape index (κ2) is 17.7. The lowest BCUT2D eigenvalue weighted by molar-refractivity contribution is 0.638. The highest BCUT2D eigenvalue weighted by molar-refractivity contribution is 5.99. The molecule has 2 aromatic carbocycles. The van der Waals surface area contributed by atoms with Crippen LogP contribution in [0.25, 0.3) is 112 Å². The van der Waals surface area contributed by atoms with Gasteiger partial charge in [-0.05, 0) is 67.1 Å². The fourth-order valence-electron chi connectivity index (χ4n) is 8.15. The van der Waals surface area contributed by atoms with Crippen LogP contribution < -0.4 is 11.1 Å². The second-order valence-electron chi connectivity index (χ2n) is 15.8. The Balaban J connectivity index is 0.000000150. The van der Waals surface area contributed by atoms with Gasteiger partial charge in [-0.15, -0.1) is 0 Å². The molecule has 18 heteroatoms. The van der Waals surface area contributed by atoms with Crippen LogP contribution in [0.1, 0.15) is 18.9 Å². The Bertz CT molecular complexity index is 3770. The number of aromatic nitrogens is 14. The van der Waals surface area contributed by atoms with Gasteiger partial charge in [-0.2, -0.15) is 10.2 Å². The number of fused-ring (bicyclic) bond motifs is 4. The third kappa shape index (κ3) is 7.69. The van der Waals surface area contributed by atoms with Crippen LogP contribution in [0.15, 0.2) is 135 Å². The van der Waals surface area contributed by atoms with E-state index in [1.807, 2.05) is 78.9 Å². The third-order valence-corrected chi connectivity index (χ3v) is 11.3. The van der Waals surface area contributed by atoms with Crippen LogP contribution in [0.2, 0.25) is 0 Å². The summed E-state index contributed by atoms with van der Waals surface area (Å²) >= 11 is 0. The Morgan fingerprint density at radius 2 is 1.10 bits per heavy atom. The summed E-state index contributed by atoms with van der Waals surface area (Å²) in [7, 11) is 0. The zero-order chi connectivity index (χ0) is 46.1. The van der Waals surface area contributed by atoms with E-state index in [2.05, 4.69) is 72.5 Å². The number of benzene rings is 2. The molecule has 0 unspecified atom stereocenters. The summed E-state index contributed by atoms with van der Waals surface area (Å²) in [5.41, 5.74) is 16.8. The molecule has 12 rings (SSSR count). The van der Waals surface area contributed by atoms with Crippen LogP contribution in [-0.2, 0) is 6.54 Å². The number of nitrogen functional groups attached to an aromatic ring is 1. The molecule has 10 heterocycles. The van der Waals surface area contributed by atoms with Crippen LogP contribution in [0.5, 0.6) is 0 Å². The van der Waals surface area contributed by atoms with Crippen molar-refractivity contribution >= 4 is 49.6 Å². The first kappa shape index (κ1) is 41.5. The van der Waals surface area contributed by atoms with Crippen molar-refractivity contribution in [2.24, 2.45) is 0 Å². The van der Waals surface area contributed by atoms with E-state index < -0.39 is 11.6 Å². The van der Waals surface area contributed by atoms with Gasteiger partial charge < -0.3 is 21.0 Å². The van der Waals surface area contributed by atoms with Crippen molar-refractivity contribution in [2.45, 2.75) is 19.9 Å². The second-order valence-corrected chi connectivity index (χ2v) is 15.8. The SMILES string of the molecule is CCCNCc1cncc(-c2ncc3[nH]nc(-c4nc5c(-c6ccccn6)cccc5[nH]4)c3c2F)c1.Nc1cncc(-c2ncc3[nH]nc(-c4nc5c(-c6ccccn6)cccc5[nH]4)c3c2F)c1. The molecule has 0 aliphatic carbocycles. The number of hydrogen-bond acceptors (Lipinski definition) is 12. The summed E-state index contributed by atoms with van der Waals surface area (Å²) in [6, 6.07) is 26.6. The van der Waals surface area contributed by atoms with Crippen molar-refractivity contribution in [3.05, 3.63) is 152 Å². The van der Waals surface area contributed by atoms with Crippen LogP contribution in [-0.4, -0.2) is 76.8 Å². The first-order valence-corrected chi connectivity index (χ1v) is 21.6. The first-order chi connectivity index (χ1) is 33.4. The maximum Gasteiger partial charge on any atom is 0.161 e. The average Bonchev–Trinajstić information content (AvgIpc) is 4.20. The van der Waals surface area contributed by atoms with E-state index >= 15 is 8.78 Å². The van der Waals surface area contributed by atoms with E-state index in [0.717, 1.165) is 63.1 Å². The molecule has 68 heavy (non-hydrogen) atoms. The number of nitrogens with two attached hydrogens (primary N) is 1. The predicted octanol–water partition coefficient (Wildman–Crippen LogP) is 9.61. The Labute approximate surface area is 384 Å². The number of anilines is 1. The predicted molar refractivity (Wildman–Crippen MR) is 257 cm³/mol. The number of imidazole rings is 2. The van der Waals surface area contributed by atoms with E-state index in [4.69, 9.17) is 15.7 Å². The summed E-state index contributed by atoms with van der Waals surface area (Å²) in [5.74, 6) is -0.0890. The largest absolute Gasteiger partial charge is 0.397 e. The van der Waals surface area contributed by atoms with Gasteiger partial charge in [0.25, 0.3) is 0 Å². The highest BCUT2D eigenvalue weighted by Gasteiger charge is 2.23. The van der Waals surface area contributed by atoms with Gasteiger partial charge in [0.15, 0.2) is 23.3 Å². The molecule has 0 aliphatic rings. The van der Waals surface area contributed by atoms with Crippen molar-refractivity contribution in [1.82, 2.24) is 75.6 Å². The number of hydrogen-bond donors (Lipinski definition) is 6. The van der Waals surface area contributed by atoms with Crippen molar-refractivity contribution in [3.63, 3.8) is 0 Å². The molecule has 16 nitrogen and oxygen atoms in total. The number of H-pyrrole nitrogens is 4. The van der Waals surface area contributed by atoms with Crippen molar-refractivity contribution in [1.29, 1.82) is 0 Å². The molecular weight excluding hydrogens is 863 g/mol. The Kier molecular flexibility index (Phi) is 10.8. The first-order valence-electron chi connectivity index (χ1n) is 21.6. The van der Waals surface area contributed by atoms with Gasteiger partial charge in [-0.3, -0.25) is 40.1 Å². The fraction of sp³-hybridized carbons (Fsp3) is 0.0800. The molecular formula is C50H38F2N16. The molecule has 332 valence electrons. The monoisotopic (exact) mass is 900 g/mol. The minimum atomic E-state index is -0.524. The Morgan fingerprint density at radius 1 is 0.559 bits per heavy atom. The van der Waals surface area contributed by atoms with Gasteiger partial charge in [0.2, 0.25) is 0 Å². The molecule has 0 spiro atoms. The molecule has 0 radical (unpaired) electrons. The van der Waals surface area contributed by atoms with Crippen LogP contribution in [0, 0.1) is 11.6 Å². The Morgan fingerprint density at radius 3 is 1.62 bits per heavy atom. The number of nitrogens with zero attached hydrogens (tertiary/aromatic N) is 10. The molecule has 10 aromatic heterocycles. The quantitative estimate of drug-likeness (QED) is 0.0705. The smallest absolute Gasteiger partial charge is 0.161 e.